The number of carboxylic acid groups (broad SMARTS) is 1. The van der Waals surface area contributed by atoms with Crippen LogP contribution in [0.1, 0.15) is 0 Å². The van der Waals surface area contributed by atoms with E-state index in [2.05, 4.69) is 21.2 Å². The second-order valence-corrected chi connectivity index (χ2v) is 7.28. The van der Waals surface area contributed by atoms with Gasteiger partial charge in [-0.3, -0.25) is 9.48 Å². The van der Waals surface area contributed by atoms with Crippen LogP contribution in [0.5, 0.6) is 0 Å². The van der Waals surface area contributed by atoms with E-state index >= 15 is 0 Å². The summed E-state index contributed by atoms with van der Waals surface area (Å²) in [7, 11) is 1.88. The highest BCUT2D eigenvalue weighted by atomic mass is 16.4. The third-order valence-corrected chi connectivity index (χ3v) is 5.29. The molecule has 0 aromatic carbocycles. The van der Waals surface area contributed by atoms with E-state index in [1.807, 2.05) is 42.7 Å². The van der Waals surface area contributed by atoms with Crippen LogP contribution < -0.4 is 10.6 Å². The Morgan fingerprint density at radius 3 is 2.59 bits per heavy atom. The Kier molecular flexibility index (Phi) is 3.76. The van der Waals surface area contributed by atoms with Crippen molar-refractivity contribution in [2.24, 2.45) is 13.0 Å². The zero-order valence-corrected chi connectivity index (χ0v) is 15.7. The van der Waals surface area contributed by atoms with Crippen LogP contribution in [-0.2, 0) is 11.8 Å². The number of nitrogens with two attached hydrogens (primary N) is 1. The fraction of sp³-hybridized carbons (Fsp3) is 0.200. The van der Waals surface area contributed by atoms with Gasteiger partial charge in [0.05, 0.1) is 29.5 Å². The summed E-state index contributed by atoms with van der Waals surface area (Å²) in [4.78, 5) is 17.5. The lowest BCUT2D eigenvalue weighted by Crippen LogP contribution is -2.50. The summed E-state index contributed by atoms with van der Waals surface area (Å²) in [5.74, 6) is -0.310. The number of nitrogens with zero attached hydrogens (tertiary/aromatic N) is 6. The molecular formula is C20H19N7O2. The number of pyridine rings is 2. The summed E-state index contributed by atoms with van der Waals surface area (Å²) < 4.78 is 3.53. The summed E-state index contributed by atoms with van der Waals surface area (Å²) in [5.41, 5.74) is 11.4. The van der Waals surface area contributed by atoms with Crippen LogP contribution in [0.25, 0.3) is 27.8 Å². The van der Waals surface area contributed by atoms with E-state index in [4.69, 9.17) is 10.8 Å². The molecular weight excluding hydrogens is 370 g/mol. The molecule has 1 fully saturated rings. The highest BCUT2D eigenvalue weighted by molar-refractivity contribution is 5.91. The summed E-state index contributed by atoms with van der Waals surface area (Å²) >= 11 is 0. The van der Waals surface area contributed by atoms with E-state index in [0.717, 1.165) is 33.6 Å². The number of carbonyl (C=O) groups is 1. The number of nitrogen functional groups attached to an aromatic ring is 1. The first-order chi connectivity index (χ1) is 14.0. The minimum absolute atomic E-state index is 0.321. The fourth-order valence-corrected chi connectivity index (χ4v) is 3.65. The van der Waals surface area contributed by atoms with Crippen molar-refractivity contribution in [1.82, 2.24) is 24.4 Å². The van der Waals surface area contributed by atoms with Crippen LogP contribution >= 0.6 is 0 Å². The standard InChI is InChI=1S/C20H19N7O2/c1-25-8-14(6-23-25)13-4-16(19-17(21)7-24-27(19)11-13)12-2-3-18(22-5-12)26-9-15(10-26)20(28)29/h2-8,11,15H,9-10,21H2,1H3,(H,28,29). The molecule has 9 heteroatoms. The second-order valence-electron chi connectivity index (χ2n) is 7.28. The molecule has 0 saturated carbocycles. The number of hydrogen-bond donors (Lipinski definition) is 2. The van der Waals surface area contributed by atoms with Crippen molar-refractivity contribution in [2.45, 2.75) is 0 Å². The van der Waals surface area contributed by atoms with Gasteiger partial charge < -0.3 is 15.7 Å². The Balaban J connectivity index is 1.54. The molecule has 146 valence electrons. The molecule has 1 aliphatic rings. The Labute approximate surface area is 166 Å². The average molecular weight is 389 g/mol. The monoisotopic (exact) mass is 389 g/mol. The molecule has 3 N–H and O–H groups in total. The third kappa shape index (κ3) is 2.87. The van der Waals surface area contributed by atoms with Crippen molar-refractivity contribution in [3.05, 3.63) is 49.2 Å². The van der Waals surface area contributed by atoms with Crippen molar-refractivity contribution in [3.8, 4) is 22.3 Å². The Morgan fingerprint density at radius 1 is 1.10 bits per heavy atom. The zero-order valence-electron chi connectivity index (χ0n) is 15.7. The molecule has 0 bridgehead atoms. The van der Waals surface area contributed by atoms with Crippen molar-refractivity contribution in [1.29, 1.82) is 0 Å². The summed E-state index contributed by atoms with van der Waals surface area (Å²) in [5, 5.41) is 17.7. The van der Waals surface area contributed by atoms with Crippen LogP contribution in [0.3, 0.4) is 0 Å². The van der Waals surface area contributed by atoms with E-state index in [0.29, 0.717) is 18.8 Å². The Bertz CT molecular complexity index is 1220. The van der Waals surface area contributed by atoms with E-state index in [9.17, 15) is 4.79 Å². The molecule has 4 aromatic rings. The molecule has 0 radical (unpaired) electrons. The molecule has 5 rings (SSSR count). The van der Waals surface area contributed by atoms with E-state index in [1.54, 1.807) is 21.6 Å². The zero-order chi connectivity index (χ0) is 20.1. The molecule has 4 aromatic heterocycles. The van der Waals surface area contributed by atoms with Gasteiger partial charge in [-0.05, 0) is 18.2 Å². The maximum atomic E-state index is 11.0. The Morgan fingerprint density at radius 2 is 1.93 bits per heavy atom. The molecule has 0 unspecified atom stereocenters. The van der Waals surface area contributed by atoms with Crippen LogP contribution in [0.2, 0.25) is 0 Å². The van der Waals surface area contributed by atoms with E-state index in [-0.39, 0.29) is 5.92 Å². The quantitative estimate of drug-likeness (QED) is 0.548. The molecule has 0 amide bonds. The second kappa shape index (κ2) is 6.33. The maximum Gasteiger partial charge on any atom is 0.310 e. The number of anilines is 2. The SMILES string of the molecule is Cn1cc(-c2cc(-c3ccc(N4CC(C(=O)O)C4)nc3)c3c(N)cnn3c2)cn1. The molecule has 0 spiro atoms. The first-order valence-electron chi connectivity index (χ1n) is 9.19. The van der Waals surface area contributed by atoms with Gasteiger partial charge in [0.2, 0.25) is 0 Å². The first-order valence-corrected chi connectivity index (χ1v) is 9.19. The third-order valence-electron chi connectivity index (χ3n) is 5.29. The van der Waals surface area contributed by atoms with Crippen molar-refractivity contribution in [2.75, 3.05) is 23.7 Å². The highest BCUT2D eigenvalue weighted by Crippen LogP contribution is 2.33. The molecule has 29 heavy (non-hydrogen) atoms. The minimum Gasteiger partial charge on any atom is -0.481 e. The first kappa shape index (κ1) is 17.2. The lowest BCUT2D eigenvalue weighted by atomic mass is 10.00. The van der Waals surface area contributed by atoms with Crippen molar-refractivity contribution in [3.63, 3.8) is 0 Å². The van der Waals surface area contributed by atoms with E-state index < -0.39 is 5.97 Å². The van der Waals surface area contributed by atoms with Gasteiger partial charge >= 0.3 is 5.97 Å². The van der Waals surface area contributed by atoms with Crippen molar-refractivity contribution >= 4 is 23.0 Å². The molecule has 9 nitrogen and oxygen atoms in total. The van der Waals surface area contributed by atoms with Crippen LogP contribution in [0.15, 0.2) is 49.2 Å². The number of aryl methyl sites for hydroxylation is 1. The Hall–Kier alpha value is -3.88. The number of rotatable bonds is 4. The summed E-state index contributed by atoms with van der Waals surface area (Å²) in [6.07, 6.45) is 9.11. The van der Waals surface area contributed by atoms with Crippen LogP contribution in [-0.4, -0.2) is 48.5 Å². The van der Waals surface area contributed by atoms with Crippen LogP contribution in [0, 0.1) is 5.92 Å². The number of carboxylic acids is 1. The fourth-order valence-electron chi connectivity index (χ4n) is 3.65. The predicted molar refractivity (Wildman–Crippen MR) is 108 cm³/mol. The van der Waals surface area contributed by atoms with Gasteiger partial charge in [-0.1, -0.05) is 0 Å². The molecule has 1 aliphatic heterocycles. The normalized spacial score (nSPS) is 14.3. The topological polar surface area (TPSA) is 115 Å². The minimum atomic E-state index is -0.760. The predicted octanol–water partition coefficient (Wildman–Crippen LogP) is 1.90. The number of fused-ring (bicyclic) bond motifs is 1. The summed E-state index contributed by atoms with van der Waals surface area (Å²) in [6, 6.07) is 5.95. The maximum absolute atomic E-state index is 11.0. The van der Waals surface area contributed by atoms with Gasteiger partial charge in [0.25, 0.3) is 0 Å². The largest absolute Gasteiger partial charge is 0.481 e. The lowest BCUT2D eigenvalue weighted by molar-refractivity contribution is -0.142. The van der Waals surface area contributed by atoms with E-state index in [1.165, 1.54) is 0 Å². The summed E-state index contributed by atoms with van der Waals surface area (Å²) in [6.45, 7) is 0.968. The highest BCUT2D eigenvalue weighted by Gasteiger charge is 2.33. The lowest BCUT2D eigenvalue weighted by Gasteiger charge is -2.37. The van der Waals surface area contributed by atoms with Gasteiger partial charge in [-0.15, -0.1) is 0 Å². The van der Waals surface area contributed by atoms with Gasteiger partial charge in [-0.2, -0.15) is 10.2 Å². The molecule has 5 heterocycles. The number of hydrogen-bond acceptors (Lipinski definition) is 6. The molecule has 0 aliphatic carbocycles. The van der Waals surface area contributed by atoms with Gasteiger partial charge in [0, 0.05) is 61.0 Å². The average Bonchev–Trinajstić information content (AvgIpc) is 3.26. The molecule has 0 atom stereocenters. The number of aliphatic carboxylic acids is 1. The van der Waals surface area contributed by atoms with Crippen LogP contribution in [0.4, 0.5) is 11.5 Å². The smallest absolute Gasteiger partial charge is 0.310 e. The van der Waals surface area contributed by atoms with Gasteiger partial charge in [0.15, 0.2) is 0 Å². The number of aromatic nitrogens is 5. The van der Waals surface area contributed by atoms with Gasteiger partial charge in [-0.25, -0.2) is 9.50 Å². The molecule has 1 saturated heterocycles. The van der Waals surface area contributed by atoms with Crippen molar-refractivity contribution < 1.29 is 9.90 Å². The van der Waals surface area contributed by atoms with Gasteiger partial charge in [0.1, 0.15) is 5.82 Å².